The van der Waals surface area contributed by atoms with Crippen molar-refractivity contribution in [3.8, 4) is 40.1 Å². The molecule has 0 aliphatic heterocycles. The first-order valence-corrected chi connectivity index (χ1v) is 18.0. The highest BCUT2D eigenvalue weighted by Gasteiger charge is 2.24. The number of anilines is 3. The standard InChI is InChI=1S/C48H32N6/c1-5-17-33(18-6-1)45-50-46(34-19-7-2-8-20-34)52-48(51-45)54-44-42-28-16-14-26-40(42)39-25-13-15-27-41(39)43(44)49-47(54)35-29-31-38(32-30-35)53(36-21-9-3-10-22-36)37-23-11-4-12-24-37/h1-32H. The molecule has 8 aromatic carbocycles. The number of nitrogens with zero attached hydrogens (tertiary/aromatic N) is 6. The van der Waals surface area contributed by atoms with Gasteiger partial charge in [0.05, 0.1) is 11.0 Å². The Morgan fingerprint density at radius 1 is 0.333 bits per heavy atom. The molecule has 0 atom stereocenters. The third-order valence-electron chi connectivity index (χ3n) is 9.83. The van der Waals surface area contributed by atoms with E-state index in [0.29, 0.717) is 17.6 Å². The summed E-state index contributed by atoms with van der Waals surface area (Å²) in [4.78, 5) is 23.2. The van der Waals surface area contributed by atoms with Gasteiger partial charge in [-0.05, 0) is 59.3 Å². The lowest BCUT2D eigenvalue weighted by Gasteiger charge is -2.25. The zero-order chi connectivity index (χ0) is 35.8. The first kappa shape index (κ1) is 31.3. The smallest absolute Gasteiger partial charge is 0.240 e. The van der Waals surface area contributed by atoms with E-state index in [-0.39, 0.29) is 0 Å². The van der Waals surface area contributed by atoms with E-state index in [1.807, 2.05) is 72.8 Å². The molecule has 0 N–H and O–H groups in total. The predicted octanol–water partition coefficient (Wildman–Crippen LogP) is 12.0. The molecule has 10 aromatic rings. The Balaban J connectivity index is 1.25. The quantitative estimate of drug-likeness (QED) is 0.156. The van der Waals surface area contributed by atoms with E-state index in [1.54, 1.807) is 0 Å². The van der Waals surface area contributed by atoms with Gasteiger partial charge in [-0.15, -0.1) is 0 Å². The van der Waals surface area contributed by atoms with Crippen molar-refractivity contribution in [2.75, 3.05) is 4.90 Å². The van der Waals surface area contributed by atoms with Crippen LogP contribution in [0.5, 0.6) is 0 Å². The summed E-state index contributed by atoms with van der Waals surface area (Å²) in [5, 5.41) is 4.44. The summed E-state index contributed by atoms with van der Waals surface area (Å²) in [5.74, 6) is 2.43. The van der Waals surface area contributed by atoms with Gasteiger partial charge in [-0.2, -0.15) is 9.97 Å². The van der Waals surface area contributed by atoms with Crippen LogP contribution in [0, 0.1) is 0 Å². The van der Waals surface area contributed by atoms with Crippen LogP contribution in [0.15, 0.2) is 194 Å². The highest BCUT2D eigenvalue weighted by atomic mass is 15.2. The van der Waals surface area contributed by atoms with E-state index in [2.05, 4.69) is 131 Å². The van der Waals surface area contributed by atoms with Gasteiger partial charge in [0.2, 0.25) is 5.95 Å². The molecule has 0 aliphatic rings. The third-order valence-corrected chi connectivity index (χ3v) is 9.83. The van der Waals surface area contributed by atoms with Crippen molar-refractivity contribution < 1.29 is 0 Å². The molecule has 0 radical (unpaired) electrons. The summed E-state index contributed by atoms with van der Waals surface area (Å²) in [7, 11) is 0. The van der Waals surface area contributed by atoms with Crippen LogP contribution in [0.2, 0.25) is 0 Å². The molecular weight excluding hydrogens is 661 g/mol. The van der Waals surface area contributed by atoms with E-state index in [0.717, 1.165) is 72.2 Å². The van der Waals surface area contributed by atoms with E-state index >= 15 is 0 Å². The molecule has 0 bridgehead atoms. The predicted molar refractivity (Wildman–Crippen MR) is 220 cm³/mol. The lowest BCUT2D eigenvalue weighted by atomic mass is 10.00. The lowest BCUT2D eigenvalue weighted by Crippen LogP contribution is -2.10. The molecule has 0 spiro atoms. The summed E-state index contributed by atoms with van der Waals surface area (Å²) < 4.78 is 2.13. The van der Waals surface area contributed by atoms with Crippen molar-refractivity contribution in [3.63, 3.8) is 0 Å². The number of fused-ring (bicyclic) bond motifs is 6. The Hall–Kier alpha value is -7.44. The molecule has 2 aromatic heterocycles. The van der Waals surface area contributed by atoms with E-state index in [1.165, 1.54) is 0 Å². The molecule has 2 heterocycles. The second kappa shape index (κ2) is 13.3. The number of rotatable bonds is 7. The molecule has 10 rings (SSSR count). The SMILES string of the molecule is c1ccc(-c2nc(-c3ccccc3)nc(-n3c(-c4ccc(N(c5ccccc5)c5ccccc5)cc4)nc4c5ccccc5c5ccccc5c43)n2)cc1. The topological polar surface area (TPSA) is 59.7 Å². The van der Waals surface area contributed by atoms with Gasteiger partial charge < -0.3 is 4.90 Å². The Bertz CT molecular complexity index is 2810. The monoisotopic (exact) mass is 692 g/mol. The molecule has 0 amide bonds. The lowest BCUT2D eigenvalue weighted by molar-refractivity contribution is 0.931. The largest absolute Gasteiger partial charge is 0.311 e. The zero-order valence-corrected chi connectivity index (χ0v) is 29.2. The van der Waals surface area contributed by atoms with E-state index < -0.39 is 0 Å². The highest BCUT2D eigenvalue weighted by molar-refractivity contribution is 6.24. The van der Waals surface area contributed by atoms with E-state index in [9.17, 15) is 0 Å². The van der Waals surface area contributed by atoms with Crippen LogP contribution in [0.4, 0.5) is 17.1 Å². The fourth-order valence-corrected chi connectivity index (χ4v) is 7.35. The number of hydrogen-bond donors (Lipinski definition) is 0. The van der Waals surface area contributed by atoms with Crippen LogP contribution in [-0.2, 0) is 0 Å². The van der Waals surface area contributed by atoms with Crippen LogP contribution < -0.4 is 4.90 Å². The van der Waals surface area contributed by atoms with Crippen LogP contribution >= 0.6 is 0 Å². The number of aromatic nitrogens is 5. The average molecular weight is 693 g/mol. The molecular formula is C48H32N6. The molecule has 6 heteroatoms. The highest BCUT2D eigenvalue weighted by Crippen LogP contribution is 2.40. The Labute approximate surface area is 312 Å². The molecule has 254 valence electrons. The van der Waals surface area contributed by atoms with Crippen molar-refractivity contribution in [1.29, 1.82) is 0 Å². The molecule has 0 aliphatic carbocycles. The minimum Gasteiger partial charge on any atom is -0.311 e. The molecule has 54 heavy (non-hydrogen) atoms. The summed E-state index contributed by atoms with van der Waals surface area (Å²) >= 11 is 0. The fourth-order valence-electron chi connectivity index (χ4n) is 7.35. The normalized spacial score (nSPS) is 11.3. The first-order valence-electron chi connectivity index (χ1n) is 18.0. The van der Waals surface area contributed by atoms with Crippen molar-refractivity contribution in [2.24, 2.45) is 0 Å². The molecule has 6 nitrogen and oxygen atoms in total. The maximum Gasteiger partial charge on any atom is 0.240 e. The Morgan fingerprint density at radius 2 is 0.759 bits per heavy atom. The second-order valence-corrected chi connectivity index (χ2v) is 13.1. The summed E-state index contributed by atoms with van der Waals surface area (Å²) in [6.07, 6.45) is 0. The average Bonchev–Trinajstić information content (AvgIpc) is 3.67. The summed E-state index contributed by atoms with van der Waals surface area (Å²) in [6.45, 7) is 0. The number of hydrogen-bond acceptors (Lipinski definition) is 5. The third kappa shape index (κ3) is 5.45. The van der Waals surface area contributed by atoms with Crippen molar-refractivity contribution >= 4 is 49.6 Å². The van der Waals surface area contributed by atoms with Crippen molar-refractivity contribution in [1.82, 2.24) is 24.5 Å². The minimum atomic E-state index is 0.500. The van der Waals surface area contributed by atoms with Gasteiger partial charge >= 0.3 is 0 Å². The molecule has 0 unspecified atom stereocenters. The molecule has 0 saturated carbocycles. The second-order valence-electron chi connectivity index (χ2n) is 13.1. The van der Waals surface area contributed by atoms with Crippen molar-refractivity contribution in [3.05, 3.63) is 194 Å². The van der Waals surface area contributed by atoms with Crippen LogP contribution in [0.25, 0.3) is 72.7 Å². The number of benzene rings is 8. The molecule has 0 saturated heterocycles. The van der Waals surface area contributed by atoms with Gasteiger partial charge in [0, 0.05) is 44.5 Å². The Morgan fingerprint density at radius 3 is 1.30 bits per heavy atom. The van der Waals surface area contributed by atoms with Crippen LogP contribution in [0.1, 0.15) is 0 Å². The van der Waals surface area contributed by atoms with Crippen LogP contribution in [-0.4, -0.2) is 24.5 Å². The van der Waals surface area contributed by atoms with Gasteiger partial charge in [-0.25, -0.2) is 9.97 Å². The minimum absolute atomic E-state index is 0.500. The summed E-state index contributed by atoms with van der Waals surface area (Å²) in [6, 6.07) is 66.7. The van der Waals surface area contributed by atoms with Gasteiger partial charge in [0.1, 0.15) is 5.82 Å². The number of imidazole rings is 1. The Kier molecular flexibility index (Phi) is 7.69. The summed E-state index contributed by atoms with van der Waals surface area (Å²) in [5.41, 5.74) is 7.78. The maximum absolute atomic E-state index is 5.48. The van der Waals surface area contributed by atoms with Crippen molar-refractivity contribution in [2.45, 2.75) is 0 Å². The first-order chi connectivity index (χ1) is 26.8. The van der Waals surface area contributed by atoms with E-state index in [4.69, 9.17) is 19.9 Å². The van der Waals surface area contributed by atoms with Gasteiger partial charge in [0.15, 0.2) is 11.6 Å². The molecule has 0 fully saturated rings. The zero-order valence-electron chi connectivity index (χ0n) is 29.2. The van der Waals surface area contributed by atoms with Crippen LogP contribution in [0.3, 0.4) is 0 Å². The maximum atomic E-state index is 5.48. The number of para-hydroxylation sites is 2. The van der Waals surface area contributed by atoms with Gasteiger partial charge in [-0.1, -0.05) is 146 Å². The van der Waals surface area contributed by atoms with Gasteiger partial charge in [-0.3, -0.25) is 4.57 Å². The van der Waals surface area contributed by atoms with Gasteiger partial charge in [0.25, 0.3) is 0 Å². The fraction of sp³-hybridized carbons (Fsp3) is 0.